The van der Waals surface area contributed by atoms with Crippen molar-refractivity contribution in [3.8, 4) is 5.75 Å². The summed E-state index contributed by atoms with van der Waals surface area (Å²) in [5.74, 6) is 0.235. The van der Waals surface area contributed by atoms with Crippen LogP contribution in [-0.4, -0.2) is 29.1 Å². The molecule has 0 bridgehead atoms. The van der Waals surface area contributed by atoms with Crippen LogP contribution >= 0.6 is 0 Å². The van der Waals surface area contributed by atoms with E-state index in [4.69, 9.17) is 5.11 Å². The first kappa shape index (κ1) is 12.4. The summed E-state index contributed by atoms with van der Waals surface area (Å²) in [6.45, 7) is 5.79. The predicted molar refractivity (Wildman–Crippen MR) is 63.3 cm³/mol. The highest BCUT2D eigenvalue weighted by Gasteiger charge is 2.07. The van der Waals surface area contributed by atoms with Crippen LogP contribution in [0, 0.1) is 0 Å². The Balaban J connectivity index is 2.45. The predicted octanol–water partition coefficient (Wildman–Crippen LogP) is 1.94. The van der Waals surface area contributed by atoms with Crippen LogP contribution in [0.25, 0.3) is 0 Å². The molecular formula is C12H18N2O2. The van der Waals surface area contributed by atoms with Crippen LogP contribution in [0.5, 0.6) is 5.75 Å². The fourth-order valence-electron chi connectivity index (χ4n) is 1.41. The van der Waals surface area contributed by atoms with Crippen LogP contribution < -0.4 is 5.32 Å². The van der Waals surface area contributed by atoms with Crippen molar-refractivity contribution in [3.63, 3.8) is 0 Å². The van der Waals surface area contributed by atoms with Crippen LogP contribution in [0.3, 0.4) is 0 Å². The number of phenols is 1. The topological polar surface area (TPSA) is 52.6 Å². The zero-order chi connectivity index (χ0) is 12.0. The molecule has 0 atom stereocenters. The molecule has 0 saturated heterocycles. The lowest BCUT2D eigenvalue weighted by Gasteiger charge is -2.19. The van der Waals surface area contributed by atoms with E-state index in [2.05, 4.69) is 5.32 Å². The smallest absolute Gasteiger partial charge is 0.317 e. The monoisotopic (exact) mass is 222 g/mol. The molecule has 4 nitrogen and oxygen atoms in total. The van der Waals surface area contributed by atoms with Gasteiger partial charge in [0.05, 0.1) is 0 Å². The van der Waals surface area contributed by atoms with Crippen LogP contribution in [0.4, 0.5) is 4.79 Å². The van der Waals surface area contributed by atoms with Gasteiger partial charge in [0.1, 0.15) is 5.75 Å². The van der Waals surface area contributed by atoms with E-state index in [1.54, 1.807) is 29.2 Å². The summed E-state index contributed by atoms with van der Waals surface area (Å²) in [6, 6.07) is 6.74. The Morgan fingerprint density at radius 3 is 2.31 bits per heavy atom. The lowest BCUT2D eigenvalue weighted by atomic mass is 10.2. The first-order valence-corrected chi connectivity index (χ1v) is 5.48. The number of aromatic hydroxyl groups is 1. The molecule has 0 radical (unpaired) electrons. The number of urea groups is 1. The van der Waals surface area contributed by atoms with Gasteiger partial charge in [-0.1, -0.05) is 12.1 Å². The van der Waals surface area contributed by atoms with Crippen molar-refractivity contribution in [1.82, 2.24) is 10.2 Å². The van der Waals surface area contributed by atoms with Gasteiger partial charge < -0.3 is 15.3 Å². The number of carbonyl (C=O) groups excluding carboxylic acids is 1. The molecule has 1 rings (SSSR count). The fourth-order valence-corrected chi connectivity index (χ4v) is 1.41. The van der Waals surface area contributed by atoms with Gasteiger partial charge in [-0.25, -0.2) is 4.79 Å². The Morgan fingerprint density at radius 1 is 1.25 bits per heavy atom. The molecular weight excluding hydrogens is 204 g/mol. The zero-order valence-electron chi connectivity index (χ0n) is 9.73. The second kappa shape index (κ2) is 6.00. The van der Waals surface area contributed by atoms with Gasteiger partial charge in [0.25, 0.3) is 0 Å². The van der Waals surface area contributed by atoms with Gasteiger partial charge in [0.2, 0.25) is 0 Å². The van der Waals surface area contributed by atoms with E-state index in [1.165, 1.54) is 0 Å². The van der Waals surface area contributed by atoms with E-state index in [0.717, 1.165) is 5.56 Å². The molecule has 4 heteroatoms. The number of phenolic OH excluding ortho intramolecular Hbond substituents is 1. The lowest BCUT2D eigenvalue weighted by molar-refractivity contribution is 0.203. The van der Waals surface area contributed by atoms with Gasteiger partial charge >= 0.3 is 6.03 Å². The maximum Gasteiger partial charge on any atom is 0.317 e. The quantitative estimate of drug-likeness (QED) is 0.818. The summed E-state index contributed by atoms with van der Waals surface area (Å²) in [7, 11) is 0. The van der Waals surface area contributed by atoms with E-state index in [1.807, 2.05) is 13.8 Å². The highest BCUT2D eigenvalue weighted by molar-refractivity contribution is 5.74. The summed E-state index contributed by atoms with van der Waals surface area (Å²) in [6.07, 6.45) is 0. The highest BCUT2D eigenvalue weighted by atomic mass is 16.3. The van der Waals surface area contributed by atoms with E-state index in [0.29, 0.717) is 19.6 Å². The number of hydrogen-bond acceptors (Lipinski definition) is 2. The zero-order valence-corrected chi connectivity index (χ0v) is 9.73. The second-order valence-electron chi connectivity index (χ2n) is 3.50. The Morgan fingerprint density at radius 2 is 1.81 bits per heavy atom. The number of amides is 2. The summed E-state index contributed by atoms with van der Waals surface area (Å²) < 4.78 is 0. The molecule has 1 aromatic carbocycles. The van der Waals surface area contributed by atoms with Gasteiger partial charge in [-0.2, -0.15) is 0 Å². The molecule has 0 aliphatic carbocycles. The average molecular weight is 222 g/mol. The molecule has 0 unspecified atom stereocenters. The minimum atomic E-state index is -0.0573. The van der Waals surface area contributed by atoms with Crippen molar-refractivity contribution >= 4 is 6.03 Å². The molecule has 16 heavy (non-hydrogen) atoms. The Labute approximate surface area is 95.9 Å². The molecule has 0 spiro atoms. The van der Waals surface area contributed by atoms with Crippen molar-refractivity contribution in [3.05, 3.63) is 29.8 Å². The van der Waals surface area contributed by atoms with Crippen molar-refractivity contribution in [2.24, 2.45) is 0 Å². The minimum absolute atomic E-state index is 0.0573. The Kier molecular flexibility index (Phi) is 4.64. The number of nitrogens with one attached hydrogen (secondary N) is 1. The molecule has 1 aromatic rings. The third-order valence-electron chi connectivity index (χ3n) is 2.43. The second-order valence-corrected chi connectivity index (χ2v) is 3.50. The van der Waals surface area contributed by atoms with Crippen molar-refractivity contribution in [2.75, 3.05) is 13.1 Å². The van der Waals surface area contributed by atoms with E-state index in [-0.39, 0.29) is 11.8 Å². The van der Waals surface area contributed by atoms with Gasteiger partial charge in [-0.3, -0.25) is 0 Å². The largest absolute Gasteiger partial charge is 0.508 e. The first-order valence-electron chi connectivity index (χ1n) is 5.48. The van der Waals surface area contributed by atoms with E-state index < -0.39 is 0 Å². The SMILES string of the molecule is CCN(CC)C(=O)NCc1ccc(O)cc1. The average Bonchev–Trinajstić information content (AvgIpc) is 2.30. The van der Waals surface area contributed by atoms with Gasteiger partial charge in [-0.15, -0.1) is 0 Å². The normalized spacial score (nSPS) is 9.88. The van der Waals surface area contributed by atoms with Crippen molar-refractivity contribution in [2.45, 2.75) is 20.4 Å². The Hall–Kier alpha value is -1.71. The number of nitrogens with zero attached hydrogens (tertiary/aromatic N) is 1. The van der Waals surface area contributed by atoms with Gasteiger partial charge in [0, 0.05) is 19.6 Å². The van der Waals surface area contributed by atoms with Crippen LogP contribution in [0.2, 0.25) is 0 Å². The van der Waals surface area contributed by atoms with Gasteiger partial charge in [-0.05, 0) is 31.5 Å². The summed E-state index contributed by atoms with van der Waals surface area (Å²) in [5, 5.41) is 11.9. The number of benzene rings is 1. The molecule has 0 aliphatic rings. The third-order valence-corrected chi connectivity index (χ3v) is 2.43. The molecule has 2 N–H and O–H groups in total. The third kappa shape index (κ3) is 3.46. The highest BCUT2D eigenvalue weighted by Crippen LogP contribution is 2.09. The minimum Gasteiger partial charge on any atom is -0.508 e. The van der Waals surface area contributed by atoms with Crippen LogP contribution in [0.15, 0.2) is 24.3 Å². The van der Waals surface area contributed by atoms with Crippen LogP contribution in [-0.2, 0) is 6.54 Å². The maximum atomic E-state index is 11.6. The standard InChI is InChI=1S/C12H18N2O2/c1-3-14(4-2)12(16)13-9-10-5-7-11(15)8-6-10/h5-8,15H,3-4,9H2,1-2H3,(H,13,16). The molecule has 2 amide bonds. The molecule has 88 valence electrons. The van der Waals surface area contributed by atoms with Gasteiger partial charge in [0.15, 0.2) is 0 Å². The summed E-state index contributed by atoms with van der Waals surface area (Å²) in [5.41, 5.74) is 0.971. The van der Waals surface area contributed by atoms with Crippen molar-refractivity contribution in [1.29, 1.82) is 0 Å². The molecule has 0 aliphatic heterocycles. The molecule has 0 saturated carbocycles. The fraction of sp³-hybridized carbons (Fsp3) is 0.417. The van der Waals surface area contributed by atoms with Crippen molar-refractivity contribution < 1.29 is 9.90 Å². The van der Waals surface area contributed by atoms with Crippen LogP contribution in [0.1, 0.15) is 19.4 Å². The van der Waals surface area contributed by atoms with E-state index >= 15 is 0 Å². The van der Waals surface area contributed by atoms with E-state index in [9.17, 15) is 4.79 Å². The molecule has 0 heterocycles. The first-order chi connectivity index (χ1) is 7.67. The molecule has 0 fully saturated rings. The number of rotatable bonds is 4. The lowest BCUT2D eigenvalue weighted by Crippen LogP contribution is -2.39. The maximum absolute atomic E-state index is 11.6. The number of hydrogen-bond donors (Lipinski definition) is 2. The number of carbonyl (C=O) groups is 1. The summed E-state index contributed by atoms with van der Waals surface area (Å²) in [4.78, 5) is 13.3. The Bertz CT molecular complexity index is 331. The summed E-state index contributed by atoms with van der Waals surface area (Å²) >= 11 is 0. The molecule has 0 aromatic heterocycles.